The van der Waals surface area contributed by atoms with Gasteiger partial charge < -0.3 is 9.47 Å². The van der Waals surface area contributed by atoms with Gasteiger partial charge >= 0.3 is 0 Å². The molecule has 21 heavy (non-hydrogen) atoms. The molecule has 0 bridgehead atoms. The molecule has 0 fully saturated rings. The Kier molecular flexibility index (Phi) is 2.91. The second-order valence-corrected chi connectivity index (χ2v) is 5.45. The monoisotopic (exact) mass is 284 g/mol. The zero-order chi connectivity index (χ0) is 14.2. The summed E-state index contributed by atoms with van der Waals surface area (Å²) in [6.45, 7) is 0.929. The van der Waals surface area contributed by atoms with Crippen molar-refractivity contribution >= 4 is 0 Å². The van der Waals surface area contributed by atoms with Crippen LogP contribution in [-0.4, -0.2) is 22.3 Å². The van der Waals surface area contributed by atoms with Crippen LogP contribution in [0.5, 0.6) is 11.8 Å². The van der Waals surface area contributed by atoms with E-state index < -0.39 is 0 Å². The molecule has 0 saturated heterocycles. The Labute approximate surface area is 122 Å². The lowest BCUT2D eigenvalue weighted by Crippen LogP contribution is -2.27. The zero-order valence-electron chi connectivity index (χ0n) is 11.6. The quantitative estimate of drug-likeness (QED) is 0.858. The molecule has 0 N–H and O–H groups in total. The van der Waals surface area contributed by atoms with E-state index in [9.17, 15) is 4.79 Å². The fourth-order valence-corrected chi connectivity index (χ4v) is 2.94. The van der Waals surface area contributed by atoms with Crippen LogP contribution in [0.3, 0.4) is 0 Å². The van der Waals surface area contributed by atoms with E-state index in [4.69, 9.17) is 9.47 Å². The van der Waals surface area contributed by atoms with Gasteiger partial charge in [0.05, 0.1) is 12.2 Å². The van der Waals surface area contributed by atoms with Gasteiger partial charge in [0.15, 0.2) is 6.10 Å². The summed E-state index contributed by atoms with van der Waals surface area (Å²) in [5, 5.41) is 0. The molecule has 1 aliphatic carbocycles. The summed E-state index contributed by atoms with van der Waals surface area (Å²) in [6.07, 6.45) is 2.58. The fraction of sp³-hybridized carbons (Fsp3) is 0.375. The van der Waals surface area contributed by atoms with E-state index in [1.807, 2.05) is 30.3 Å². The predicted molar refractivity (Wildman–Crippen MR) is 76.9 cm³/mol. The smallest absolute Gasteiger partial charge is 0.300 e. The van der Waals surface area contributed by atoms with Crippen molar-refractivity contribution in [2.45, 2.75) is 31.9 Å². The van der Waals surface area contributed by atoms with Crippen molar-refractivity contribution in [1.82, 2.24) is 9.55 Å². The summed E-state index contributed by atoms with van der Waals surface area (Å²) >= 11 is 0. The van der Waals surface area contributed by atoms with E-state index in [0.717, 1.165) is 36.3 Å². The summed E-state index contributed by atoms with van der Waals surface area (Å²) in [5.41, 5.74) is 1.84. The Balaban J connectivity index is 1.50. The first kappa shape index (κ1) is 12.4. The van der Waals surface area contributed by atoms with Gasteiger partial charge in [-0.1, -0.05) is 18.2 Å². The lowest BCUT2D eigenvalue weighted by Gasteiger charge is -2.10. The predicted octanol–water partition coefficient (Wildman–Crippen LogP) is 1.57. The molecule has 0 amide bonds. The van der Waals surface area contributed by atoms with Crippen molar-refractivity contribution in [2.75, 3.05) is 6.61 Å². The lowest BCUT2D eigenvalue weighted by atomic mass is 10.2. The maximum atomic E-state index is 12.4. The normalized spacial score (nSPS) is 19.0. The highest BCUT2D eigenvalue weighted by molar-refractivity contribution is 5.26. The number of aryl methyl sites for hydroxylation is 1. The van der Waals surface area contributed by atoms with E-state index in [-0.39, 0.29) is 11.7 Å². The molecule has 5 heteroatoms. The molecule has 2 aromatic rings. The Bertz CT molecular complexity index is 724. The molecule has 0 spiro atoms. The second kappa shape index (κ2) is 4.91. The van der Waals surface area contributed by atoms with Gasteiger partial charge in [0.25, 0.3) is 11.6 Å². The third-order valence-electron chi connectivity index (χ3n) is 3.99. The molecule has 1 unspecified atom stereocenters. The van der Waals surface area contributed by atoms with Gasteiger partial charge in [0, 0.05) is 5.56 Å². The highest BCUT2D eigenvalue weighted by atomic mass is 16.6. The molecule has 2 heterocycles. The number of para-hydroxylation sites is 1. The third kappa shape index (κ3) is 2.18. The minimum Gasteiger partial charge on any atom is -0.490 e. The minimum absolute atomic E-state index is 0.0645. The molecule has 2 aliphatic rings. The Morgan fingerprint density at radius 2 is 2.14 bits per heavy atom. The van der Waals surface area contributed by atoms with E-state index >= 15 is 0 Å². The van der Waals surface area contributed by atoms with Crippen LogP contribution in [0.15, 0.2) is 35.1 Å². The molecule has 1 aromatic heterocycles. The molecule has 1 aliphatic heterocycles. The van der Waals surface area contributed by atoms with E-state index in [1.165, 1.54) is 0 Å². The molecule has 0 saturated carbocycles. The maximum Gasteiger partial charge on any atom is 0.300 e. The van der Waals surface area contributed by atoms with Crippen LogP contribution in [0.1, 0.15) is 17.7 Å². The largest absolute Gasteiger partial charge is 0.490 e. The van der Waals surface area contributed by atoms with Gasteiger partial charge in [-0.2, -0.15) is 0 Å². The van der Waals surface area contributed by atoms with Crippen LogP contribution in [0.4, 0.5) is 0 Å². The lowest BCUT2D eigenvalue weighted by molar-refractivity contribution is 0.143. The minimum atomic E-state index is -0.159. The standard InChI is InChI=1S/C16H16N2O3/c19-15-13-7-4-8-14(13)17-16-18(15)9-12(21-16)10-20-11-5-2-1-3-6-11/h1-3,5-6,12H,4,7-10H2. The number of fused-ring (bicyclic) bond motifs is 2. The number of rotatable bonds is 3. The second-order valence-electron chi connectivity index (χ2n) is 5.45. The first-order valence-corrected chi connectivity index (χ1v) is 7.28. The third-order valence-corrected chi connectivity index (χ3v) is 3.99. The van der Waals surface area contributed by atoms with Crippen molar-refractivity contribution < 1.29 is 9.47 Å². The van der Waals surface area contributed by atoms with Crippen LogP contribution in [0.25, 0.3) is 0 Å². The summed E-state index contributed by atoms with van der Waals surface area (Å²) in [5.74, 6) is 0.805. The number of nitrogens with zero attached hydrogens (tertiary/aromatic N) is 2. The number of hydrogen-bond donors (Lipinski definition) is 0. The van der Waals surface area contributed by atoms with Gasteiger partial charge in [-0.25, -0.2) is 4.98 Å². The molecular weight excluding hydrogens is 268 g/mol. The van der Waals surface area contributed by atoms with Crippen molar-refractivity contribution in [3.63, 3.8) is 0 Å². The first-order valence-electron chi connectivity index (χ1n) is 7.28. The summed E-state index contributed by atoms with van der Waals surface area (Å²) in [6, 6.07) is 10.1. The zero-order valence-corrected chi connectivity index (χ0v) is 11.6. The Hall–Kier alpha value is -2.30. The van der Waals surface area contributed by atoms with Crippen molar-refractivity contribution in [1.29, 1.82) is 0 Å². The van der Waals surface area contributed by atoms with E-state index in [0.29, 0.717) is 19.2 Å². The molecule has 0 radical (unpaired) electrons. The highest BCUT2D eigenvalue weighted by Crippen LogP contribution is 2.24. The van der Waals surface area contributed by atoms with Crippen molar-refractivity contribution in [2.24, 2.45) is 0 Å². The molecule has 4 rings (SSSR count). The van der Waals surface area contributed by atoms with Crippen LogP contribution in [-0.2, 0) is 19.4 Å². The molecule has 5 nitrogen and oxygen atoms in total. The Morgan fingerprint density at radius 3 is 3.00 bits per heavy atom. The Morgan fingerprint density at radius 1 is 1.29 bits per heavy atom. The van der Waals surface area contributed by atoms with Crippen molar-refractivity contribution in [3.05, 3.63) is 51.9 Å². The average molecular weight is 284 g/mol. The molecular formula is C16H16N2O3. The topological polar surface area (TPSA) is 53.4 Å². The summed E-state index contributed by atoms with van der Waals surface area (Å²) in [4.78, 5) is 16.9. The van der Waals surface area contributed by atoms with E-state index in [1.54, 1.807) is 4.57 Å². The number of ether oxygens (including phenoxy) is 2. The van der Waals surface area contributed by atoms with Gasteiger partial charge in [-0.3, -0.25) is 9.36 Å². The summed E-state index contributed by atoms with van der Waals surface area (Å²) in [7, 11) is 0. The van der Waals surface area contributed by atoms with Gasteiger partial charge in [0.2, 0.25) is 0 Å². The van der Waals surface area contributed by atoms with Gasteiger partial charge in [0.1, 0.15) is 12.4 Å². The van der Waals surface area contributed by atoms with Crippen LogP contribution in [0, 0.1) is 0 Å². The molecule has 1 atom stereocenters. The van der Waals surface area contributed by atoms with Crippen molar-refractivity contribution in [3.8, 4) is 11.8 Å². The fourth-order valence-electron chi connectivity index (χ4n) is 2.94. The SMILES string of the molecule is O=c1c2c(nc3n1CC(COc1ccccc1)O3)CCC2. The summed E-state index contributed by atoms with van der Waals surface area (Å²) < 4.78 is 13.1. The highest BCUT2D eigenvalue weighted by Gasteiger charge is 2.29. The van der Waals surface area contributed by atoms with Crippen LogP contribution >= 0.6 is 0 Å². The van der Waals surface area contributed by atoms with Crippen LogP contribution in [0.2, 0.25) is 0 Å². The average Bonchev–Trinajstić information content (AvgIpc) is 3.13. The maximum absolute atomic E-state index is 12.4. The first-order chi connectivity index (χ1) is 10.3. The van der Waals surface area contributed by atoms with Gasteiger partial charge in [-0.15, -0.1) is 0 Å². The van der Waals surface area contributed by atoms with Gasteiger partial charge in [-0.05, 0) is 31.4 Å². The molecule has 108 valence electrons. The van der Waals surface area contributed by atoms with Crippen LogP contribution < -0.4 is 15.0 Å². The number of aromatic nitrogens is 2. The van der Waals surface area contributed by atoms with E-state index in [2.05, 4.69) is 4.98 Å². The molecule has 1 aromatic carbocycles. The number of benzene rings is 1. The number of hydrogen-bond acceptors (Lipinski definition) is 4.